The Bertz CT molecular complexity index is 401. The van der Waals surface area contributed by atoms with Crippen molar-refractivity contribution in [3.63, 3.8) is 0 Å². The van der Waals surface area contributed by atoms with Gasteiger partial charge in [-0.15, -0.1) is 12.4 Å². The lowest BCUT2D eigenvalue weighted by molar-refractivity contribution is -0.140. The maximum absolute atomic E-state index is 13.2. The predicted octanol–water partition coefficient (Wildman–Crippen LogP) is 3.68. The van der Waals surface area contributed by atoms with Gasteiger partial charge in [-0.3, -0.25) is 0 Å². The van der Waals surface area contributed by atoms with Crippen molar-refractivity contribution in [2.45, 2.75) is 25.1 Å². The minimum Gasteiger partial charge on any atom is -0.324 e. The standard InChI is InChI=1S/C11H11F4N.ClH/c12-9-5-7(10(16)6-1-2-6)3-4-8(9)11(13,14)15;/h3-6,10H,1-2,16H2;1H/t10-;/m1./s1. The summed E-state index contributed by atoms with van der Waals surface area (Å²) in [7, 11) is 0. The molecule has 2 rings (SSSR count). The molecule has 1 saturated carbocycles. The fourth-order valence-electron chi connectivity index (χ4n) is 1.70. The van der Waals surface area contributed by atoms with E-state index >= 15 is 0 Å². The topological polar surface area (TPSA) is 26.0 Å². The van der Waals surface area contributed by atoms with Gasteiger partial charge in [-0.2, -0.15) is 13.2 Å². The van der Waals surface area contributed by atoms with Crippen LogP contribution in [0.1, 0.15) is 30.0 Å². The van der Waals surface area contributed by atoms with Crippen molar-refractivity contribution >= 4 is 12.4 Å². The summed E-state index contributed by atoms with van der Waals surface area (Å²) in [5.41, 5.74) is 4.98. The second-order valence-electron chi connectivity index (χ2n) is 4.10. The monoisotopic (exact) mass is 269 g/mol. The van der Waals surface area contributed by atoms with Crippen LogP contribution in [0, 0.1) is 11.7 Å². The van der Waals surface area contributed by atoms with Gasteiger partial charge in [-0.1, -0.05) is 6.07 Å². The van der Waals surface area contributed by atoms with Crippen LogP contribution in [-0.2, 0) is 6.18 Å². The molecular formula is C11H12ClF4N. The molecule has 2 N–H and O–H groups in total. The lowest BCUT2D eigenvalue weighted by atomic mass is 10.0. The highest BCUT2D eigenvalue weighted by Crippen LogP contribution is 2.40. The fourth-order valence-corrected chi connectivity index (χ4v) is 1.70. The summed E-state index contributed by atoms with van der Waals surface area (Å²) in [5.74, 6) is -0.961. The third kappa shape index (κ3) is 3.10. The van der Waals surface area contributed by atoms with E-state index in [0.717, 1.165) is 25.0 Å². The molecule has 0 unspecified atom stereocenters. The lowest BCUT2D eigenvalue weighted by Crippen LogP contribution is -2.14. The zero-order chi connectivity index (χ0) is 11.9. The molecule has 1 aromatic carbocycles. The maximum atomic E-state index is 13.2. The molecule has 0 amide bonds. The van der Waals surface area contributed by atoms with Gasteiger partial charge in [0, 0.05) is 6.04 Å². The summed E-state index contributed by atoms with van der Waals surface area (Å²) < 4.78 is 50.1. The quantitative estimate of drug-likeness (QED) is 0.815. The van der Waals surface area contributed by atoms with Crippen molar-refractivity contribution in [2.75, 3.05) is 0 Å². The Morgan fingerprint density at radius 2 is 1.82 bits per heavy atom. The van der Waals surface area contributed by atoms with Gasteiger partial charge in [0.1, 0.15) is 5.82 Å². The van der Waals surface area contributed by atoms with E-state index in [-0.39, 0.29) is 24.4 Å². The van der Waals surface area contributed by atoms with Crippen molar-refractivity contribution < 1.29 is 17.6 Å². The minimum absolute atomic E-state index is 0. The van der Waals surface area contributed by atoms with E-state index in [2.05, 4.69) is 0 Å². The van der Waals surface area contributed by atoms with Gasteiger partial charge in [0.15, 0.2) is 0 Å². The van der Waals surface area contributed by atoms with Crippen LogP contribution >= 0.6 is 12.4 Å². The van der Waals surface area contributed by atoms with Crippen LogP contribution in [0.2, 0.25) is 0 Å². The molecule has 1 fully saturated rings. The Morgan fingerprint density at radius 1 is 1.24 bits per heavy atom. The molecule has 0 heterocycles. The molecule has 0 aliphatic heterocycles. The zero-order valence-electron chi connectivity index (χ0n) is 8.80. The first-order chi connectivity index (χ1) is 7.39. The Kier molecular flexibility index (Phi) is 4.04. The van der Waals surface area contributed by atoms with Gasteiger partial charge in [-0.05, 0) is 36.5 Å². The second-order valence-corrected chi connectivity index (χ2v) is 4.10. The lowest BCUT2D eigenvalue weighted by Gasteiger charge is -2.13. The van der Waals surface area contributed by atoms with Crippen LogP contribution in [0.4, 0.5) is 17.6 Å². The van der Waals surface area contributed by atoms with Gasteiger partial charge in [0.2, 0.25) is 0 Å². The normalized spacial score (nSPS) is 17.5. The summed E-state index contributed by atoms with van der Waals surface area (Å²) in [6.45, 7) is 0. The van der Waals surface area contributed by atoms with E-state index in [1.54, 1.807) is 0 Å². The molecule has 1 aliphatic carbocycles. The summed E-state index contributed by atoms with van der Waals surface area (Å²) in [5, 5.41) is 0. The molecule has 0 radical (unpaired) electrons. The number of nitrogens with two attached hydrogens (primary N) is 1. The maximum Gasteiger partial charge on any atom is 0.419 e. The number of rotatable bonds is 2. The van der Waals surface area contributed by atoms with E-state index in [1.807, 2.05) is 0 Å². The summed E-state index contributed by atoms with van der Waals surface area (Å²) in [6, 6.07) is 2.56. The van der Waals surface area contributed by atoms with E-state index in [4.69, 9.17) is 5.73 Å². The molecule has 17 heavy (non-hydrogen) atoms. The Labute approximate surface area is 102 Å². The van der Waals surface area contributed by atoms with E-state index < -0.39 is 17.6 Å². The highest BCUT2D eigenvalue weighted by Gasteiger charge is 2.35. The van der Waals surface area contributed by atoms with Crippen LogP contribution in [0.25, 0.3) is 0 Å². The molecule has 96 valence electrons. The number of hydrogen-bond donors (Lipinski definition) is 1. The van der Waals surface area contributed by atoms with Crippen LogP contribution in [0.5, 0.6) is 0 Å². The van der Waals surface area contributed by atoms with E-state index in [0.29, 0.717) is 5.56 Å². The third-order valence-corrected chi connectivity index (χ3v) is 2.81. The van der Waals surface area contributed by atoms with Crippen molar-refractivity contribution in [2.24, 2.45) is 11.7 Å². The van der Waals surface area contributed by atoms with E-state index in [9.17, 15) is 17.6 Å². The molecule has 1 aliphatic rings. The fraction of sp³-hybridized carbons (Fsp3) is 0.455. The first-order valence-electron chi connectivity index (χ1n) is 5.02. The summed E-state index contributed by atoms with van der Waals surface area (Å²) in [4.78, 5) is 0. The number of halogens is 5. The summed E-state index contributed by atoms with van der Waals surface area (Å²) in [6.07, 6.45) is -2.72. The molecule has 1 aromatic rings. The third-order valence-electron chi connectivity index (χ3n) is 2.81. The molecule has 0 aromatic heterocycles. The largest absolute Gasteiger partial charge is 0.419 e. The van der Waals surface area contributed by atoms with Crippen molar-refractivity contribution in [1.82, 2.24) is 0 Å². The smallest absolute Gasteiger partial charge is 0.324 e. The van der Waals surface area contributed by atoms with Crippen molar-refractivity contribution in [1.29, 1.82) is 0 Å². The van der Waals surface area contributed by atoms with Crippen molar-refractivity contribution in [3.8, 4) is 0 Å². The predicted molar refractivity (Wildman–Crippen MR) is 58.3 cm³/mol. The molecule has 1 nitrogen and oxygen atoms in total. The Morgan fingerprint density at radius 3 is 2.24 bits per heavy atom. The first kappa shape index (κ1) is 14.3. The molecule has 6 heteroatoms. The number of hydrogen-bond acceptors (Lipinski definition) is 1. The Balaban J connectivity index is 0.00000144. The minimum atomic E-state index is -4.65. The Hall–Kier alpha value is -0.810. The van der Waals surface area contributed by atoms with E-state index in [1.165, 1.54) is 6.07 Å². The first-order valence-corrected chi connectivity index (χ1v) is 5.02. The van der Waals surface area contributed by atoms with Gasteiger partial charge < -0.3 is 5.73 Å². The van der Waals surface area contributed by atoms with Crippen LogP contribution in [0.3, 0.4) is 0 Å². The zero-order valence-corrected chi connectivity index (χ0v) is 9.61. The van der Waals surface area contributed by atoms with Crippen LogP contribution in [-0.4, -0.2) is 0 Å². The van der Waals surface area contributed by atoms with Crippen molar-refractivity contribution in [3.05, 3.63) is 35.1 Å². The van der Waals surface area contributed by atoms with Gasteiger partial charge in [-0.25, -0.2) is 4.39 Å². The SMILES string of the molecule is Cl.N[C@@H](c1ccc(C(F)(F)F)c(F)c1)C1CC1. The molecule has 0 saturated heterocycles. The number of alkyl halides is 3. The summed E-state index contributed by atoms with van der Waals surface area (Å²) >= 11 is 0. The highest BCUT2D eigenvalue weighted by molar-refractivity contribution is 5.85. The van der Waals surface area contributed by atoms with Crippen LogP contribution in [0.15, 0.2) is 18.2 Å². The average molecular weight is 270 g/mol. The molecule has 0 bridgehead atoms. The second kappa shape index (κ2) is 4.82. The highest BCUT2D eigenvalue weighted by atomic mass is 35.5. The molecule has 0 spiro atoms. The van der Waals surface area contributed by atoms with Gasteiger partial charge >= 0.3 is 6.18 Å². The molecule has 1 atom stereocenters. The average Bonchev–Trinajstić information content (AvgIpc) is 2.97. The van der Waals surface area contributed by atoms with Crippen LogP contribution < -0.4 is 5.73 Å². The number of benzene rings is 1. The van der Waals surface area contributed by atoms with Gasteiger partial charge in [0.25, 0.3) is 0 Å². The molecular weight excluding hydrogens is 258 g/mol. The van der Waals surface area contributed by atoms with Gasteiger partial charge in [0.05, 0.1) is 5.56 Å².